The van der Waals surface area contributed by atoms with Gasteiger partial charge in [0, 0.05) is 24.8 Å². The maximum atomic E-state index is 10.6. The van der Waals surface area contributed by atoms with E-state index in [1.54, 1.807) is 0 Å². The van der Waals surface area contributed by atoms with Crippen molar-refractivity contribution in [2.24, 2.45) is 10.2 Å². The highest BCUT2D eigenvalue weighted by Crippen LogP contribution is 2.31. The fraction of sp³-hybridized carbons (Fsp3) is 0.250. The molecule has 0 aliphatic rings. The van der Waals surface area contributed by atoms with Crippen LogP contribution in [0.5, 0.6) is 5.75 Å². The molecule has 0 spiro atoms. The number of non-ortho nitro benzene ring substituents is 1. The summed E-state index contributed by atoms with van der Waals surface area (Å²) in [5, 5.41) is 28.3. The van der Waals surface area contributed by atoms with Crippen molar-refractivity contribution < 1.29 is 10.0 Å². The van der Waals surface area contributed by atoms with E-state index >= 15 is 0 Å². The molecule has 23 heavy (non-hydrogen) atoms. The number of azo groups is 1. The first-order valence-electron chi connectivity index (χ1n) is 7.29. The largest absolute Gasteiger partial charge is 0.505 e. The first kappa shape index (κ1) is 16.4. The molecule has 0 heterocycles. The fourth-order valence-corrected chi connectivity index (χ4v) is 2.14. The van der Waals surface area contributed by atoms with Gasteiger partial charge in [-0.2, -0.15) is 5.11 Å². The Balaban J connectivity index is 2.15. The van der Waals surface area contributed by atoms with Crippen molar-refractivity contribution in [1.29, 1.82) is 0 Å². The Hall–Kier alpha value is -2.96. The summed E-state index contributed by atoms with van der Waals surface area (Å²) in [5.74, 6) is -0.275. The first-order valence-corrected chi connectivity index (χ1v) is 7.29. The fourth-order valence-electron chi connectivity index (χ4n) is 2.14. The Morgan fingerprint density at radius 3 is 2.26 bits per heavy atom. The molecule has 0 amide bonds. The summed E-state index contributed by atoms with van der Waals surface area (Å²) in [7, 11) is 0. The molecule has 0 fully saturated rings. The molecule has 120 valence electrons. The van der Waals surface area contributed by atoms with Gasteiger partial charge in [0.15, 0.2) is 0 Å². The average Bonchev–Trinajstić information content (AvgIpc) is 2.56. The van der Waals surface area contributed by atoms with Gasteiger partial charge in [-0.3, -0.25) is 10.1 Å². The second-order valence-corrected chi connectivity index (χ2v) is 4.82. The van der Waals surface area contributed by atoms with E-state index in [-0.39, 0.29) is 17.1 Å². The number of phenolic OH excluding ortho intramolecular Hbond substituents is 1. The lowest BCUT2D eigenvalue weighted by atomic mass is 10.2. The maximum absolute atomic E-state index is 10.6. The molecule has 0 bridgehead atoms. The van der Waals surface area contributed by atoms with Crippen LogP contribution in [0.2, 0.25) is 0 Å². The standard InChI is InChI=1S/C16H18N4O3/c1-3-19(4-2)13-7-5-12(6-8-13)17-18-15-10-9-14(20(22)23)11-16(15)21/h5-11,21H,3-4H2,1-2H3. The summed E-state index contributed by atoms with van der Waals surface area (Å²) in [5.41, 5.74) is 1.74. The Kier molecular flexibility index (Phi) is 5.24. The third-order valence-corrected chi connectivity index (χ3v) is 3.42. The zero-order valence-electron chi connectivity index (χ0n) is 13.0. The molecule has 0 aliphatic heterocycles. The Bertz CT molecular complexity index is 710. The van der Waals surface area contributed by atoms with Crippen LogP contribution in [0.25, 0.3) is 0 Å². The molecule has 0 unspecified atom stereocenters. The van der Waals surface area contributed by atoms with Gasteiger partial charge in [0.1, 0.15) is 11.4 Å². The number of phenols is 1. The first-order chi connectivity index (χ1) is 11.0. The normalized spacial score (nSPS) is 10.9. The minimum absolute atomic E-state index is 0.184. The Labute approximate surface area is 134 Å². The zero-order valence-corrected chi connectivity index (χ0v) is 13.0. The van der Waals surface area contributed by atoms with Crippen molar-refractivity contribution >= 4 is 22.7 Å². The van der Waals surface area contributed by atoms with Crippen molar-refractivity contribution in [1.82, 2.24) is 0 Å². The monoisotopic (exact) mass is 314 g/mol. The second kappa shape index (κ2) is 7.35. The molecule has 2 rings (SSSR count). The maximum Gasteiger partial charge on any atom is 0.273 e. The molecule has 1 N–H and O–H groups in total. The molecule has 0 saturated carbocycles. The van der Waals surface area contributed by atoms with E-state index in [1.165, 1.54) is 12.1 Å². The number of hydrogen-bond donors (Lipinski definition) is 1. The highest BCUT2D eigenvalue weighted by Gasteiger charge is 2.09. The lowest BCUT2D eigenvalue weighted by molar-refractivity contribution is -0.384. The lowest BCUT2D eigenvalue weighted by Crippen LogP contribution is -2.21. The van der Waals surface area contributed by atoms with Crippen LogP contribution in [-0.4, -0.2) is 23.1 Å². The van der Waals surface area contributed by atoms with Crippen molar-refractivity contribution in [3.05, 3.63) is 52.6 Å². The van der Waals surface area contributed by atoms with Crippen LogP contribution >= 0.6 is 0 Å². The van der Waals surface area contributed by atoms with Crippen LogP contribution < -0.4 is 4.90 Å². The molecular formula is C16H18N4O3. The SMILES string of the molecule is CCN(CC)c1ccc(N=Nc2ccc([N+](=O)[O-])cc2O)cc1. The predicted octanol–water partition coefficient (Wildman–Crippen LogP) is 4.56. The molecule has 0 saturated heterocycles. The zero-order chi connectivity index (χ0) is 16.8. The number of anilines is 1. The average molecular weight is 314 g/mol. The van der Waals surface area contributed by atoms with E-state index in [0.29, 0.717) is 5.69 Å². The van der Waals surface area contributed by atoms with Gasteiger partial charge < -0.3 is 10.0 Å². The molecule has 0 atom stereocenters. The summed E-state index contributed by atoms with van der Waals surface area (Å²) in [6.07, 6.45) is 0. The minimum atomic E-state index is -0.577. The summed E-state index contributed by atoms with van der Waals surface area (Å²) in [6.45, 7) is 6.03. The summed E-state index contributed by atoms with van der Waals surface area (Å²) in [4.78, 5) is 12.3. The topological polar surface area (TPSA) is 91.3 Å². The van der Waals surface area contributed by atoms with Crippen molar-refractivity contribution in [2.75, 3.05) is 18.0 Å². The van der Waals surface area contributed by atoms with E-state index in [9.17, 15) is 15.2 Å². The van der Waals surface area contributed by atoms with Crippen molar-refractivity contribution in [3.63, 3.8) is 0 Å². The highest BCUT2D eigenvalue weighted by molar-refractivity contribution is 5.57. The minimum Gasteiger partial charge on any atom is -0.505 e. The van der Waals surface area contributed by atoms with Crippen LogP contribution in [0.1, 0.15) is 13.8 Å². The van der Waals surface area contributed by atoms with Crippen molar-refractivity contribution in [3.8, 4) is 5.75 Å². The van der Waals surface area contributed by atoms with Crippen LogP contribution in [0.4, 0.5) is 22.7 Å². The third kappa shape index (κ3) is 4.03. The number of nitro groups is 1. The van der Waals surface area contributed by atoms with Gasteiger partial charge in [-0.25, -0.2) is 0 Å². The third-order valence-electron chi connectivity index (χ3n) is 3.42. The van der Waals surface area contributed by atoms with E-state index < -0.39 is 4.92 Å². The second-order valence-electron chi connectivity index (χ2n) is 4.82. The van der Waals surface area contributed by atoms with E-state index in [4.69, 9.17) is 0 Å². The quantitative estimate of drug-likeness (QED) is 0.480. The van der Waals surface area contributed by atoms with E-state index in [2.05, 4.69) is 29.0 Å². The predicted molar refractivity (Wildman–Crippen MR) is 88.9 cm³/mol. The van der Waals surface area contributed by atoms with Crippen LogP contribution in [0.15, 0.2) is 52.7 Å². The van der Waals surface area contributed by atoms with Gasteiger partial charge in [0.25, 0.3) is 5.69 Å². The van der Waals surface area contributed by atoms with E-state index in [0.717, 1.165) is 24.8 Å². The molecule has 0 aliphatic carbocycles. The van der Waals surface area contributed by atoms with Gasteiger partial charge in [-0.05, 0) is 44.2 Å². The van der Waals surface area contributed by atoms with Gasteiger partial charge in [0.05, 0.1) is 16.7 Å². The van der Waals surface area contributed by atoms with E-state index in [1.807, 2.05) is 24.3 Å². The Morgan fingerprint density at radius 2 is 1.74 bits per heavy atom. The molecule has 7 heteroatoms. The smallest absolute Gasteiger partial charge is 0.273 e. The Morgan fingerprint density at radius 1 is 1.09 bits per heavy atom. The number of aromatic hydroxyl groups is 1. The summed E-state index contributed by atoms with van der Waals surface area (Å²) in [6, 6.07) is 11.3. The van der Waals surface area contributed by atoms with Crippen LogP contribution in [-0.2, 0) is 0 Å². The van der Waals surface area contributed by atoms with Gasteiger partial charge in [0.2, 0.25) is 0 Å². The number of nitro benzene ring substituents is 1. The molecular weight excluding hydrogens is 296 g/mol. The van der Waals surface area contributed by atoms with Gasteiger partial charge >= 0.3 is 0 Å². The van der Waals surface area contributed by atoms with Gasteiger partial charge in [-0.1, -0.05) is 0 Å². The molecule has 7 nitrogen and oxygen atoms in total. The molecule has 2 aromatic rings. The lowest BCUT2D eigenvalue weighted by Gasteiger charge is -2.20. The highest BCUT2D eigenvalue weighted by atomic mass is 16.6. The summed E-state index contributed by atoms with van der Waals surface area (Å²) >= 11 is 0. The molecule has 0 aromatic heterocycles. The van der Waals surface area contributed by atoms with Crippen molar-refractivity contribution in [2.45, 2.75) is 13.8 Å². The number of hydrogen-bond acceptors (Lipinski definition) is 6. The molecule has 2 aromatic carbocycles. The number of rotatable bonds is 6. The van der Waals surface area contributed by atoms with Gasteiger partial charge in [-0.15, -0.1) is 5.11 Å². The summed E-state index contributed by atoms with van der Waals surface area (Å²) < 4.78 is 0. The van der Waals surface area contributed by atoms with Crippen LogP contribution in [0, 0.1) is 10.1 Å². The molecule has 0 radical (unpaired) electrons. The number of nitrogens with zero attached hydrogens (tertiary/aromatic N) is 4. The number of benzene rings is 2. The van der Waals surface area contributed by atoms with Crippen LogP contribution in [0.3, 0.4) is 0 Å².